The number of rotatable bonds is 4. The number of hydroxylamine groups is 2. The quantitative estimate of drug-likeness (QED) is 0.307. The second-order valence-electron chi connectivity index (χ2n) is 7.93. The standard InChI is InChI=1S/C24H21F3N4O3/c25-24(26,27)19-8-6-16(7-9-19)20-21(17-4-2-1-3-5-17)34-22(29-20)18-10-13-30(14-11-18)23(32)31(33)15-12-28/h1-9,18,33H,10-11,13-15H2. The largest absolute Gasteiger partial charge is 0.440 e. The van der Waals surface area contributed by atoms with Gasteiger partial charge in [0.1, 0.15) is 12.2 Å². The lowest BCUT2D eigenvalue weighted by molar-refractivity contribution is -0.137. The molecule has 10 heteroatoms. The molecule has 0 atom stereocenters. The van der Waals surface area contributed by atoms with E-state index < -0.39 is 24.3 Å². The second kappa shape index (κ2) is 9.57. The molecule has 0 bridgehead atoms. The van der Waals surface area contributed by atoms with Gasteiger partial charge in [-0.15, -0.1) is 0 Å². The topological polar surface area (TPSA) is 93.6 Å². The minimum Gasteiger partial charge on any atom is -0.440 e. The number of carbonyl (C=O) groups is 1. The number of nitriles is 1. The van der Waals surface area contributed by atoms with Crippen molar-refractivity contribution >= 4 is 6.03 Å². The van der Waals surface area contributed by atoms with Crippen molar-refractivity contribution in [2.75, 3.05) is 19.6 Å². The van der Waals surface area contributed by atoms with Gasteiger partial charge in [-0.05, 0) is 25.0 Å². The Bertz CT molecular complexity index is 1180. The van der Waals surface area contributed by atoms with Gasteiger partial charge in [-0.25, -0.2) is 9.78 Å². The number of piperidine rings is 1. The van der Waals surface area contributed by atoms with Crippen LogP contribution in [0.25, 0.3) is 22.6 Å². The van der Waals surface area contributed by atoms with Crippen LogP contribution in [0.15, 0.2) is 59.0 Å². The number of hydrogen-bond donors (Lipinski definition) is 1. The Labute approximate surface area is 193 Å². The summed E-state index contributed by atoms with van der Waals surface area (Å²) in [5.74, 6) is 0.793. The summed E-state index contributed by atoms with van der Waals surface area (Å²) in [7, 11) is 0. The van der Waals surface area contributed by atoms with Gasteiger partial charge in [-0.1, -0.05) is 42.5 Å². The third-order valence-electron chi connectivity index (χ3n) is 5.72. The number of hydrogen-bond acceptors (Lipinski definition) is 5. The zero-order valence-corrected chi connectivity index (χ0v) is 18.0. The summed E-state index contributed by atoms with van der Waals surface area (Å²) in [6.07, 6.45) is -3.39. The molecule has 176 valence electrons. The molecule has 2 aromatic carbocycles. The van der Waals surface area contributed by atoms with Gasteiger partial charge in [0.05, 0.1) is 11.6 Å². The molecule has 2 heterocycles. The van der Waals surface area contributed by atoms with Gasteiger partial charge in [0.2, 0.25) is 0 Å². The van der Waals surface area contributed by atoms with E-state index in [1.807, 2.05) is 30.3 Å². The number of nitrogens with zero attached hydrogens (tertiary/aromatic N) is 4. The summed E-state index contributed by atoms with van der Waals surface area (Å²) >= 11 is 0. The number of benzene rings is 2. The highest BCUT2D eigenvalue weighted by atomic mass is 19.4. The minimum absolute atomic E-state index is 0.113. The Morgan fingerprint density at radius 1 is 1.12 bits per heavy atom. The lowest BCUT2D eigenvalue weighted by atomic mass is 9.97. The average Bonchev–Trinajstić information content (AvgIpc) is 3.29. The number of urea groups is 1. The number of likely N-dealkylation sites (tertiary alicyclic amines) is 1. The van der Waals surface area contributed by atoms with Crippen molar-refractivity contribution in [3.05, 3.63) is 66.1 Å². The van der Waals surface area contributed by atoms with Crippen molar-refractivity contribution in [1.29, 1.82) is 5.26 Å². The first-order chi connectivity index (χ1) is 16.3. The van der Waals surface area contributed by atoms with Crippen molar-refractivity contribution < 1.29 is 27.6 Å². The van der Waals surface area contributed by atoms with Crippen molar-refractivity contribution in [2.24, 2.45) is 0 Å². The van der Waals surface area contributed by atoms with Gasteiger partial charge in [0, 0.05) is 30.1 Å². The molecular formula is C24H21F3N4O3. The SMILES string of the molecule is N#CCN(O)C(=O)N1CCC(c2nc(-c3ccc(C(F)(F)F)cc3)c(-c3ccccc3)o2)CC1. The molecule has 34 heavy (non-hydrogen) atoms. The van der Waals surface area contributed by atoms with Crippen LogP contribution in [0.5, 0.6) is 0 Å². The molecule has 7 nitrogen and oxygen atoms in total. The zero-order chi connectivity index (χ0) is 24.3. The van der Waals surface area contributed by atoms with Crippen LogP contribution in [-0.4, -0.2) is 45.8 Å². The highest BCUT2D eigenvalue weighted by Gasteiger charge is 2.32. The van der Waals surface area contributed by atoms with Gasteiger partial charge in [0.25, 0.3) is 0 Å². The highest BCUT2D eigenvalue weighted by molar-refractivity contribution is 5.77. The fraction of sp³-hybridized carbons (Fsp3) is 0.292. The third-order valence-corrected chi connectivity index (χ3v) is 5.72. The first-order valence-corrected chi connectivity index (χ1v) is 10.6. The lowest BCUT2D eigenvalue weighted by Crippen LogP contribution is -2.45. The fourth-order valence-corrected chi connectivity index (χ4v) is 3.92. The number of carbonyl (C=O) groups excluding carboxylic acids is 1. The van der Waals surface area contributed by atoms with Crippen molar-refractivity contribution in [1.82, 2.24) is 14.9 Å². The molecule has 0 unspecified atom stereocenters. The molecule has 0 aliphatic carbocycles. The van der Waals surface area contributed by atoms with E-state index in [0.29, 0.717) is 53.9 Å². The van der Waals surface area contributed by atoms with E-state index in [1.165, 1.54) is 17.0 Å². The maximum absolute atomic E-state index is 13.0. The van der Waals surface area contributed by atoms with Crippen LogP contribution < -0.4 is 0 Å². The highest BCUT2D eigenvalue weighted by Crippen LogP contribution is 2.38. The maximum Gasteiger partial charge on any atom is 0.416 e. The van der Waals surface area contributed by atoms with Crippen LogP contribution >= 0.6 is 0 Å². The van der Waals surface area contributed by atoms with Crippen LogP contribution in [-0.2, 0) is 6.18 Å². The van der Waals surface area contributed by atoms with E-state index in [2.05, 4.69) is 4.98 Å². The first kappa shape index (κ1) is 23.3. The van der Waals surface area contributed by atoms with E-state index in [4.69, 9.17) is 9.68 Å². The maximum atomic E-state index is 13.0. The molecular weight excluding hydrogens is 449 g/mol. The van der Waals surface area contributed by atoms with Gasteiger partial charge in [0.15, 0.2) is 11.7 Å². The van der Waals surface area contributed by atoms with Crippen LogP contribution in [0.3, 0.4) is 0 Å². The Morgan fingerprint density at radius 2 is 1.76 bits per heavy atom. The molecule has 1 aromatic heterocycles. The number of alkyl halides is 3. The molecule has 1 saturated heterocycles. The summed E-state index contributed by atoms with van der Waals surface area (Å²) in [4.78, 5) is 18.3. The third kappa shape index (κ3) is 4.89. The zero-order valence-electron chi connectivity index (χ0n) is 18.0. The molecule has 2 amide bonds. The van der Waals surface area contributed by atoms with E-state index in [-0.39, 0.29) is 5.92 Å². The second-order valence-corrected chi connectivity index (χ2v) is 7.93. The monoisotopic (exact) mass is 470 g/mol. The first-order valence-electron chi connectivity index (χ1n) is 10.6. The number of amides is 2. The van der Waals surface area contributed by atoms with Gasteiger partial charge in [-0.2, -0.15) is 23.5 Å². The minimum atomic E-state index is -4.43. The van der Waals surface area contributed by atoms with E-state index in [0.717, 1.165) is 17.7 Å². The van der Waals surface area contributed by atoms with E-state index in [9.17, 15) is 23.2 Å². The van der Waals surface area contributed by atoms with Gasteiger partial charge >= 0.3 is 12.2 Å². The number of halogens is 3. The van der Waals surface area contributed by atoms with Gasteiger partial charge in [-0.3, -0.25) is 5.21 Å². The van der Waals surface area contributed by atoms with E-state index in [1.54, 1.807) is 6.07 Å². The summed E-state index contributed by atoms with van der Waals surface area (Å²) in [5, 5.41) is 18.7. The van der Waals surface area contributed by atoms with Crippen LogP contribution in [0, 0.1) is 11.3 Å². The van der Waals surface area contributed by atoms with E-state index >= 15 is 0 Å². The molecule has 1 fully saturated rings. The average molecular weight is 470 g/mol. The fourth-order valence-electron chi connectivity index (χ4n) is 3.92. The predicted molar refractivity (Wildman–Crippen MR) is 115 cm³/mol. The van der Waals surface area contributed by atoms with Crippen LogP contribution in [0.2, 0.25) is 0 Å². The number of aromatic nitrogens is 1. The molecule has 4 rings (SSSR count). The summed E-state index contributed by atoms with van der Waals surface area (Å²) < 4.78 is 45.1. The molecule has 1 N–H and O–H groups in total. The molecule has 3 aromatic rings. The summed E-state index contributed by atoms with van der Waals surface area (Å²) in [5.41, 5.74) is 0.953. The van der Waals surface area contributed by atoms with Crippen molar-refractivity contribution in [2.45, 2.75) is 24.9 Å². The predicted octanol–water partition coefficient (Wildman–Crippen LogP) is 5.54. The Morgan fingerprint density at radius 3 is 2.35 bits per heavy atom. The Hall–Kier alpha value is -3.84. The summed E-state index contributed by atoms with van der Waals surface area (Å²) in [6.45, 7) is 0.255. The Kier molecular flexibility index (Phi) is 6.56. The normalized spacial score (nSPS) is 14.6. The molecule has 1 aliphatic heterocycles. The lowest BCUT2D eigenvalue weighted by Gasteiger charge is -2.32. The van der Waals surface area contributed by atoms with Gasteiger partial charge < -0.3 is 9.32 Å². The molecule has 0 radical (unpaired) electrons. The smallest absolute Gasteiger partial charge is 0.416 e. The molecule has 0 spiro atoms. The molecule has 1 aliphatic rings. The van der Waals surface area contributed by atoms with Crippen LogP contribution in [0.1, 0.15) is 30.2 Å². The summed E-state index contributed by atoms with van der Waals surface area (Å²) in [6, 6.07) is 15.1. The number of oxazole rings is 1. The Balaban J connectivity index is 1.60. The molecule has 0 saturated carbocycles. The van der Waals surface area contributed by atoms with Crippen LogP contribution in [0.4, 0.5) is 18.0 Å². The van der Waals surface area contributed by atoms with Crippen molar-refractivity contribution in [3.63, 3.8) is 0 Å². The van der Waals surface area contributed by atoms with Crippen molar-refractivity contribution in [3.8, 4) is 28.7 Å².